The molecule has 5 nitrogen and oxygen atoms in total. The zero-order valence-electron chi connectivity index (χ0n) is 10.8. The number of anilines is 1. The van der Waals surface area contributed by atoms with Gasteiger partial charge >= 0.3 is 5.97 Å². The van der Waals surface area contributed by atoms with Crippen LogP contribution < -0.4 is 5.32 Å². The molecule has 0 aliphatic carbocycles. The first-order valence-electron chi connectivity index (χ1n) is 5.70. The third-order valence-corrected chi connectivity index (χ3v) is 3.25. The standard InChI is InChI=1S/C14H12N2O3S/c1-9(13(18)19-2)10-4-3-5-11(8-10)12(17)16-14-15-6-7-20-14/h3-8H,1H2,2H3,(H,15,16,17). The summed E-state index contributed by atoms with van der Waals surface area (Å²) in [5, 5.41) is 4.96. The molecule has 1 N–H and O–H groups in total. The fourth-order valence-electron chi connectivity index (χ4n) is 1.54. The van der Waals surface area contributed by atoms with E-state index in [1.807, 2.05) is 0 Å². The maximum atomic E-state index is 12.0. The largest absolute Gasteiger partial charge is 0.465 e. The van der Waals surface area contributed by atoms with Crippen molar-refractivity contribution >= 4 is 33.9 Å². The minimum Gasteiger partial charge on any atom is -0.465 e. The smallest absolute Gasteiger partial charge is 0.337 e. The van der Waals surface area contributed by atoms with Gasteiger partial charge in [-0.1, -0.05) is 18.7 Å². The molecule has 1 amide bonds. The second kappa shape index (κ2) is 6.12. The number of aromatic nitrogens is 1. The van der Waals surface area contributed by atoms with Crippen molar-refractivity contribution < 1.29 is 14.3 Å². The SMILES string of the molecule is C=C(C(=O)OC)c1cccc(C(=O)Nc2nccs2)c1. The Morgan fingerprint density at radius 2 is 2.10 bits per heavy atom. The molecule has 0 saturated carbocycles. The molecule has 102 valence electrons. The molecule has 1 aromatic carbocycles. The number of benzene rings is 1. The molecule has 0 bridgehead atoms. The van der Waals surface area contributed by atoms with E-state index in [2.05, 4.69) is 21.6 Å². The highest BCUT2D eigenvalue weighted by Gasteiger charge is 2.13. The Kier molecular flexibility index (Phi) is 4.27. The van der Waals surface area contributed by atoms with E-state index in [4.69, 9.17) is 0 Å². The van der Waals surface area contributed by atoms with E-state index in [1.54, 1.807) is 35.8 Å². The van der Waals surface area contributed by atoms with E-state index in [0.717, 1.165) is 0 Å². The summed E-state index contributed by atoms with van der Waals surface area (Å²) in [5.41, 5.74) is 1.17. The van der Waals surface area contributed by atoms with Gasteiger partial charge in [-0.05, 0) is 17.7 Å². The first-order chi connectivity index (χ1) is 9.61. The molecule has 1 aromatic heterocycles. The average molecular weight is 288 g/mol. The number of esters is 1. The van der Waals surface area contributed by atoms with Gasteiger partial charge in [-0.15, -0.1) is 11.3 Å². The summed E-state index contributed by atoms with van der Waals surface area (Å²) in [7, 11) is 1.28. The number of carbonyl (C=O) groups is 2. The average Bonchev–Trinajstić information content (AvgIpc) is 2.98. The third-order valence-electron chi connectivity index (χ3n) is 2.56. The molecule has 0 atom stereocenters. The van der Waals surface area contributed by atoms with Crippen LogP contribution >= 0.6 is 11.3 Å². The van der Waals surface area contributed by atoms with Crippen molar-refractivity contribution in [3.05, 3.63) is 53.5 Å². The monoisotopic (exact) mass is 288 g/mol. The molecular weight excluding hydrogens is 276 g/mol. The molecule has 0 fully saturated rings. The van der Waals surface area contributed by atoms with Gasteiger partial charge in [0.05, 0.1) is 12.7 Å². The van der Waals surface area contributed by atoms with Gasteiger partial charge in [-0.2, -0.15) is 0 Å². The number of hydrogen-bond donors (Lipinski definition) is 1. The lowest BCUT2D eigenvalue weighted by atomic mass is 10.0. The number of ether oxygens (including phenoxy) is 1. The van der Waals surface area contributed by atoms with E-state index >= 15 is 0 Å². The first kappa shape index (κ1) is 14.0. The number of rotatable bonds is 4. The molecule has 20 heavy (non-hydrogen) atoms. The van der Waals surface area contributed by atoms with E-state index in [1.165, 1.54) is 18.4 Å². The van der Waals surface area contributed by atoms with Gasteiger partial charge in [-0.3, -0.25) is 10.1 Å². The summed E-state index contributed by atoms with van der Waals surface area (Å²) in [5.74, 6) is -0.818. The van der Waals surface area contributed by atoms with Crippen LogP contribution in [0.15, 0.2) is 42.4 Å². The maximum absolute atomic E-state index is 12.0. The van der Waals surface area contributed by atoms with Crippen LogP contribution in [0.3, 0.4) is 0 Å². The van der Waals surface area contributed by atoms with E-state index in [-0.39, 0.29) is 11.5 Å². The lowest BCUT2D eigenvalue weighted by Crippen LogP contribution is -2.12. The minimum absolute atomic E-state index is 0.205. The Morgan fingerprint density at radius 3 is 2.75 bits per heavy atom. The Morgan fingerprint density at radius 1 is 1.35 bits per heavy atom. The third kappa shape index (κ3) is 3.10. The second-order valence-corrected chi connectivity index (χ2v) is 4.74. The van der Waals surface area contributed by atoms with E-state index < -0.39 is 5.97 Å². The highest BCUT2D eigenvalue weighted by atomic mass is 32.1. The lowest BCUT2D eigenvalue weighted by Gasteiger charge is -2.06. The fourth-order valence-corrected chi connectivity index (χ4v) is 2.07. The fraction of sp³-hybridized carbons (Fsp3) is 0.0714. The normalized spacial score (nSPS) is 9.85. The Hall–Kier alpha value is -2.47. The van der Waals surface area contributed by atoms with Crippen LogP contribution in [-0.2, 0) is 9.53 Å². The van der Waals surface area contributed by atoms with E-state index in [0.29, 0.717) is 16.3 Å². The van der Waals surface area contributed by atoms with E-state index in [9.17, 15) is 9.59 Å². The number of nitrogens with zero attached hydrogens (tertiary/aromatic N) is 1. The predicted molar refractivity (Wildman–Crippen MR) is 77.6 cm³/mol. The van der Waals surface area contributed by atoms with Crippen LogP contribution in [0.2, 0.25) is 0 Å². The molecule has 2 aromatic rings. The van der Waals surface area contributed by atoms with Crippen molar-refractivity contribution in [1.29, 1.82) is 0 Å². The molecule has 0 aliphatic rings. The minimum atomic E-state index is -0.525. The number of thiazole rings is 1. The van der Waals surface area contributed by atoms with Crippen LogP contribution in [0.1, 0.15) is 15.9 Å². The van der Waals surface area contributed by atoms with Crippen molar-refractivity contribution in [3.63, 3.8) is 0 Å². The molecule has 0 radical (unpaired) electrons. The molecule has 0 aliphatic heterocycles. The molecular formula is C14H12N2O3S. The van der Waals surface area contributed by atoms with Crippen molar-refractivity contribution in [3.8, 4) is 0 Å². The second-order valence-electron chi connectivity index (χ2n) is 3.84. The number of methoxy groups -OCH3 is 1. The topological polar surface area (TPSA) is 68.3 Å². The van der Waals surface area contributed by atoms with Crippen molar-refractivity contribution in [2.75, 3.05) is 12.4 Å². The molecule has 1 heterocycles. The number of amides is 1. The van der Waals surface area contributed by atoms with Crippen molar-refractivity contribution in [2.45, 2.75) is 0 Å². The molecule has 0 unspecified atom stereocenters. The Balaban J connectivity index is 2.19. The predicted octanol–water partition coefficient (Wildman–Crippen LogP) is 2.58. The highest BCUT2D eigenvalue weighted by molar-refractivity contribution is 7.13. The number of hydrogen-bond acceptors (Lipinski definition) is 5. The first-order valence-corrected chi connectivity index (χ1v) is 6.58. The maximum Gasteiger partial charge on any atom is 0.337 e. The zero-order chi connectivity index (χ0) is 14.5. The van der Waals surface area contributed by atoms with Gasteiger partial charge in [0, 0.05) is 17.1 Å². The summed E-state index contributed by atoms with van der Waals surface area (Å²) in [6, 6.07) is 6.61. The van der Waals surface area contributed by atoms with Gasteiger partial charge in [0.1, 0.15) is 0 Å². The Labute approximate surface area is 119 Å². The molecule has 0 spiro atoms. The van der Waals surface area contributed by atoms with Crippen molar-refractivity contribution in [1.82, 2.24) is 4.98 Å². The summed E-state index contributed by atoms with van der Waals surface area (Å²) in [6.45, 7) is 3.66. The van der Waals surface area contributed by atoms with Crippen LogP contribution in [0.25, 0.3) is 5.57 Å². The summed E-state index contributed by atoms with van der Waals surface area (Å²) < 4.78 is 4.60. The Bertz CT molecular complexity index is 650. The van der Waals surface area contributed by atoms with Crippen LogP contribution in [-0.4, -0.2) is 24.0 Å². The van der Waals surface area contributed by atoms with Gasteiger partial charge in [0.2, 0.25) is 0 Å². The number of nitrogens with one attached hydrogen (secondary N) is 1. The van der Waals surface area contributed by atoms with Crippen molar-refractivity contribution in [2.24, 2.45) is 0 Å². The quantitative estimate of drug-likeness (QED) is 0.693. The summed E-state index contributed by atoms with van der Waals surface area (Å²) >= 11 is 1.33. The summed E-state index contributed by atoms with van der Waals surface area (Å²) in [6.07, 6.45) is 1.61. The van der Waals surface area contributed by atoms with Crippen LogP contribution in [0.4, 0.5) is 5.13 Å². The highest BCUT2D eigenvalue weighted by Crippen LogP contribution is 2.17. The lowest BCUT2D eigenvalue weighted by molar-refractivity contribution is -0.133. The van der Waals surface area contributed by atoms with Gasteiger partial charge in [-0.25, -0.2) is 9.78 Å². The molecule has 2 rings (SSSR count). The van der Waals surface area contributed by atoms with Crippen LogP contribution in [0.5, 0.6) is 0 Å². The number of carbonyl (C=O) groups excluding carboxylic acids is 2. The molecule has 0 saturated heterocycles. The summed E-state index contributed by atoms with van der Waals surface area (Å²) in [4.78, 5) is 27.4. The van der Waals surface area contributed by atoms with Gasteiger partial charge in [0.15, 0.2) is 5.13 Å². The molecule has 6 heteroatoms. The zero-order valence-corrected chi connectivity index (χ0v) is 11.6. The van der Waals surface area contributed by atoms with Crippen LogP contribution in [0, 0.1) is 0 Å². The van der Waals surface area contributed by atoms with Gasteiger partial charge in [0.25, 0.3) is 5.91 Å². The van der Waals surface area contributed by atoms with Gasteiger partial charge < -0.3 is 4.74 Å².